The summed E-state index contributed by atoms with van der Waals surface area (Å²) in [5, 5.41) is 15.6. The molecule has 0 saturated carbocycles. The van der Waals surface area contributed by atoms with Crippen LogP contribution in [-0.2, 0) is 0 Å². The van der Waals surface area contributed by atoms with Gasteiger partial charge in [0.2, 0.25) is 5.95 Å². The number of anilines is 5. The number of benzene rings is 2. The van der Waals surface area contributed by atoms with Gasteiger partial charge in [0.15, 0.2) is 0 Å². The molecule has 0 amide bonds. The Balaban J connectivity index is 1.49. The van der Waals surface area contributed by atoms with Crippen molar-refractivity contribution < 1.29 is 0 Å². The van der Waals surface area contributed by atoms with E-state index in [0.29, 0.717) is 11.5 Å². The molecule has 1 aliphatic heterocycles. The quantitative estimate of drug-likeness (QED) is 0.675. The first-order valence-corrected chi connectivity index (χ1v) is 9.44. The van der Waals surface area contributed by atoms with E-state index in [2.05, 4.69) is 55.8 Å². The topological polar surface area (TPSA) is 76.9 Å². The van der Waals surface area contributed by atoms with Gasteiger partial charge in [0.1, 0.15) is 5.82 Å². The number of nitriles is 1. The summed E-state index contributed by atoms with van der Waals surface area (Å²) < 4.78 is 0. The number of hydrogen-bond donors (Lipinski definition) is 2. The highest BCUT2D eigenvalue weighted by molar-refractivity contribution is 5.63. The fourth-order valence-electron chi connectivity index (χ4n) is 3.36. The summed E-state index contributed by atoms with van der Waals surface area (Å²) in [5.74, 6) is 1.21. The number of rotatable bonds is 5. The highest BCUT2D eigenvalue weighted by atomic mass is 15.2. The van der Waals surface area contributed by atoms with Crippen molar-refractivity contribution in [3.63, 3.8) is 0 Å². The summed E-state index contributed by atoms with van der Waals surface area (Å²) in [6, 6.07) is 19.8. The van der Waals surface area contributed by atoms with Gasteiger partial charge in [-0.1, -0.05) is 6.07 Å². The van der Waals surface area contributed by atoms with Crippen molar-refractivity contribution >= 4 is 28.8 Å². The number of nitrogens with zero attached hydrogens (tertiary/aromatic N) is 4. The molecule has 6 nitrogen and oxygen atoms in total. The SMILES string of the molecule is Cc1cc(Nc2ccc(N3CCCC3)cc2)nc(Nc2cccc(C#N)c2)n1. The Morgan fingerprint density at radius 2 is 1.71 bits per heavy atom. The van der Waals surface area contributed by atoms with Crippen molar-refractivity contribution in [2.45, 2.75) is 19.8 Å². The first kappa shape index (κ1) is 17.8. The molecule has 0 unspecified atom stereocenters. The Labute approximate surface area is 164 Å². The van der Waals surface area contributed by atoms with Gasteiger partial charge in [-0.2, -0.15) is 10.2 Å². The van der Waals surface area contributed by atoms with Crippen molar-refractivity contribution in [1.29, 1.82) is 5.26 Å². The van der Waals surface area contributed by atoms with Crippen molar-refractivity contribution in [2.24, 2.45) is 0 Å². The summed E-state index contributed by atoms with van der Waals surface area (Å²) in [6.07, 6.45) is 2.54. The monoisotopic (exact) mass is 370 g/mol. The second-order valence-corrected chi connectivity index (χ2v) is 6.90. The van der Waals surface area contributed by atoms with Gasteiger partial charge >= 0.3 is 0 Å². The van der Waals surface area contributed by atoms with E-state index in [1.165, 1.54) is 18.5 Å². The molecule has 1 saturated heterocycles. The van der Waals surface area contributed by atoms with E-state index in [-0.39, 0.29) is 0 Å². The standard InChI is InChI=1S/C22H22N6/c1-16-13-21(25-18-7-9-20(10-8-18)28-11-2-3-12-28)27-22(24-16)26-19-6-4-5-17(14-19)15-23/h4-10,13-14H,2-3,11-12H2,1H3,(H2,24,25,26,27). The van der Waals surface area contributed by atoms with Gasteiger partial charge in [-0.15, -0.1) is 0 Å². The normalized spacial score (nSPS) is 13.2. The largest absolute Gasteiger partial charge is 0.372 e. The molecule has 0 bridgehead atoms. The molecule has 2 aromatic carbocycles. The Bertz CT molecular complexity index is 1000. The second kappa shape index (κ2) is 7.97. The summed E-state index contributed by atoms with van der Waals surface area (Å²) in [4.78, 5) is 11.4. The maximum Gasteiger partial charge on any atom is 0.229 e. The van der Waals surface area contributed by atoms with Crippen LogP contribution >= 0.6 is 0 Å². The molecular weight excluding hydrogens is 348 g/mol. The molecule has 0 spiro atoms. The van der Waals surface area contributed by atoms with Crippen molar-refractivity contribution in [1.82, 2.24) is 9.97 Å². The first-order chi connectivity index (χ1) is 13.7. The number of nitrogens with one attached hydrogen (secondary N) is 2. The number of aromatic nitrogens is 2. The highest BCUT2D eigenvalue weighted by Gasteiger charge is 2.12. The molecule has 4 rings (SSSR count). The maximum absolute atomic E-state index is 9.05. The number of aryl methyl sites for hydroxylation is 1. The zero-order valence-corrected chi connectivity index (χ0v) is 15.8. The van der Waals surface area contributed by atoms with Crippen LogP contribution in [0.15, 0.2) is 54.6 Å². The minimum absolute atomic E-state index is 0.492. The molecule has 6 heteroatoms. The minimum atomic E-state index is 0.492. The van der Waals surface area contributed by atoms with Gasteiger partial charge in [0.25, 0.3) is 0 Å². The molecule has 1 fully saturated rings. The number of hydrogen-bond acceptors (Lipinski definition) is 6. The average Bonchev–Trinajstić information content (AvgIpc) is 3.23. The van der Waals surface area contributed by atoms with Gasteiger partial charge in [0, 0.05) is 41.9 Å². The fraction of sp³-hybridized carbons (Fsp3) is 0.227. The fourth-order valence-corrected chi connectivity index (χ4v) is 3.36. The third kappa shape index (κ3) is 4.21. The van der Waals surface area contributed by atoms with Crippen LogP contribution in [0.2, 0.25) is 0 Å². The van der Waals surface area contributed by atoms with E-state index < -0.39 is 0 Å². The zero-order chi connectivity index (χ0) is 19.3. The van der Waals surface area contributed by atoms with Gasteiger partial charge in [-0.25, -0.2) is 4.98 Å². The molecular formula is C22H22N6. The van der Waals surface area contributed by atoms with Crippen LogP contribution in [0.4, 0.5) is 28.8 Å². The predicted molar refractivity (Wildman–Crippen MR) is 112 cm³/mol. The molecule has 0 atom stereocenters. The van der Waals surface area contributed by atoms with Crippen LogP contribution in [0.25, 0.3) is 0 Å². The molecule has 2 heterocycles. The van der Waals surface area contributed by atoms with E-state index in [1.54, 1.807) is 12.1 Å². The lowest BCUT2D eigenvalue weighted by Crippen LogP contribution is -2.17. The molecule has 0 aliphatic carbocycles. The van der Waals surface area contributed by atoms with Crippen LogP contribution in [0.1, 0.15) is 24.1 Å². The van der Waals surface area contributed by atoms with Crippen molar-refractivity contribution in [3.8, 4) is 6.07 Å². The lowest BCUT2D eigenvalue weighted by atomic mass is 10.2. The van der Waals surface area contributed by atoms with E-state index in [1.807, 2.05) is 25.1 Å². The van der Waals surface area contributed by atoms with Crippen molar-refractivity contribution in [3.05, 3.63) is 65.9 Å². The Hall–Kier alpha value is -3.59. The lowest BCUT2D eigenvalue weighted by molar-refractivity contribution is 0.949. The maximum atomic E-state index is 9.05. The van der Waals surface area contributed by atoms with Crippen LogP contribution < -0.4 is 15.5 Å². The smallest absolute Gasteiger partial charge is 0.229 e. The van der Waals surface area contributed by atoms with Crippen molar-refractivity contribution in [2.75, 3.05) is 28.6 Å². The minimum Gasteiger partial charge on any atom is -0.372 e. The van der Waals surface area contributed by atoms with Gasteiger partial charge in [-0.05, 0) is 62.2 Å². The van der Waals surface area contributed by atoms with E-state index in [4.69, 9.17) is 5.26 Å². The summed E-state index contributed by atoms with van der Waals surface area (Å²) in [7, 11) is 0. The second-order valence-electron chi connectivity index (χ2n) is 6.90. The summed E-state index contributed by atoms with van der Waals surface area (Å²) >= 11 is 0. The molecule has 1 aromatic heterocycles. The Morgan fingerprint density at radius 1 is 0.929 bits per heavy atom. The summed E-state index contributed by atoms with van der Waals surface area (Å²) in [6.45, 7) is 4.21. The van der Waals surface area contributed by atoms with E-state index in [0.717, 1.165) is 36.0 Å². The molecule has 0 radical (unpaired) electrons. The van der Waals surface area contributed by atoms with E-state index in [9.17, 15) is 0 Å². The third-order valence-electron chi connectivity index (χ3n) is 4.71. The van der Waals surface area contributed by atoms with Gasteiger partial charge in [0.05, 0.1) is 11.6 Å². The van der Waals surface area contributed by atoms with E-state index >= 15 is 0 Å². The van der Waals surface area contributed by atoms with Crippen LogP contribution in [-0.4, -0.2) is 23.1 Å². The molecule has 1 aliphatic rings. The van der Waals surface area contributed by atoms with Gasteiger partial charge < -0.3 is 15.5 Å². The van der Waals surface area contributed by atoms with Crippen LogP contribution in [0, 0.1) is 18.3 Å². The molecule has 28 heavy (non-hydrogen) atoms. The van der Waals surface area contributed by atoms with Gasteiger partial charge in [-0.3, -0.25) is 0 Å². The molecule has 2 N–H and O–H groups in total. The Morgan fingerprint density at radius 3 is 2.46 bits per heavy atom. The zero-order valence-electron chi connectivity index (χ0n) is 15.8. The van der Waals surface area contributed by atoms with Crippen LogP contribution in [0.3, 0.4) is 0 Å². The average molecular weight is 370 g/mol. The predicted octanol–water partition coefficient (Wildman–Crippen LogP) is 4.74. The summed E-state index contributed by atoms with van der Waals surface area (Å²) in [5.41, 5.74) is 4.48. The molecule has 140 valence electrons. The Kier molecular flexibility index (Phi) is 5.07. The third-order valence-corrected chi connectivity index (χ3v) is 4.71. The lowest BCUT2D eigenvalue weighted by Gasteiger charge is -2.18. The molecule has 3 aromatic rings. The first-order valence-electron chi connectivity index (χ1n) is 9.44. The highest BCUT2D eigenvalue weighted by Crippen LogP contribution is 2.24. The van der Waals surface area contributed by atoms with Crippen LogP contribution in [0.5, 0.6) is 0 Å².